The van der Waals surface area contributed by atoms with E-state index in [4.69, 9.17) is 11.6 Å². The van der Waals surface area contributed by atoms with Gasteiger partial charge in [0.1, 0.15) is 0 Å². The molecule has 5 heteroatoms. The van der Waals surface area contributed by atoms with Crippen molar-refractivity contribution in [3.05, 3.63) is 28.8 Å². The smallest absolute Gasteiger partial charge is 0.313 e. The van der Waals surface area contributed by atoms with Crippen LogP contribution >= 0.6 is 11.6 Å². The predicted octanol–water partition coefficient (Wildman–Crippen LogP) is 3.28. The van der Waals surface area contributed by atoms with E-state index in [9.17, 15) is 9.59 Å². The summed E-state index contributed by atoms with van der Waals surface area (Å²) in [5.74, 6) is -0.803. The topological polar surface area (TPSA) is 58.2 Å². The zero-order valence-corrected chi connectivity index (χ0v) is 13.2. The second-order valence-corrected chi connectivity index (χ2v) is 6.17. The first-order valence-electron chi connectivity index (χ1n) is 7.35. The summed E-state index contributed by atoms with van der Waals surface area (Å²) >= 11 is 6.00. The first-order chi connectivity index (χ1) is 9.97. The van der Waals surface area contributed by atoms with Crippen LogP contribution in [-0.2, 0) is 9.59 Å². The maximum absolute atomic E-state index is 12.0. The molecule has 0 unspecified atom stereocenters. The molecule has 1 fully saturated rings. The van der Waals surface area contributed by atoms with E-state index in [0.29, 0.717) is 16.6 Å². The first-order valence-corrected chi connectivity index (χ1v) is 7.73. The molecule has 0 heterocycles. The SMILES string of the molecule is Cc1ccc(NC(=O)C(=O)N[C@H]2CCCC[C@@H]2C)cc1Cl. The van der Waals surface area contributed by atoms with Crippen LogP contribution in [0.5, 0.6) is 0 Å². The summed E-state index contributed by atoms with van der Waals surface area (Å²) in [5.41, 5.74) is 1.46. The normalized spacial score (nSPS) is 21.7. The van der Waals surface area contributed by atoms with E-state index in [0.717, 1.165) is 24.8 Å². The van der Waals surface area contributed by atoms with E-state index < -0.39 is 11.8 Å². The van der Waals surface area contributed by atoms with Crippen LogP contribution in [0.3, 0.4) is 0 Å². The van der Waals surface area contributed by atoms with Crippen molar-refractivity contribution in [3.63, 3.8) is 0 Å². The van der Waals surface area contributed by atoms with Gasteiger partial charge in [0.2, 0.25) is 0 Å². The average molecular weight is 309 g/mol. The Morgan fingerprint density at radius 2 is 1.90 bits per heavy atom. The minimum absolute atomic E-state index is 0.0959. The molecule has 0 spiro atoms. The van der Waals surface area contributed by atoms with Gasteiger partial charge in [0.15, 0.2) is 0 Å². The molecule has 1 aromatic carbocycles. The van der Waals surface area contributed by atoms with Gasteiger partial charge in [-0.05, 0) is 43.4 Å². The number of carbonyl (C=O) groups excluding carboxylic acids is 2. The fraction of sp³-hybridized carbons (Fsp3) is 0.500. The molecular weight excluding hydrogens is 288 g/mol. The van der Waals surface area contributed by atoms with Gasteiger partial charge in [0, 0.05) is 16.8 Å². The number of aryl methyl sites for hydroxylation is 1. The van der Waals surface area contributed by atoms with Gasteiger partial charge in [0.25, 0.3) is 0 Å². The second-order valence-electron chi connectivity index (χ2n) is 5.76. The molecule has 4 nitrogen and oxygen atoms in total. The van der Waals surface area contributed by atoms with Gasteiger partial charge >= 0.3 is 11.8 Å². The average Bonchev–Trinajstić information content (AvgIpc) is 2.45. The largest absolute Gasteiger partial charge is 0.345 e. The number of carbonyl (C=O) groups is 2. The Kier molecular flexibility index (Phi) is 5.23. The number of rotatable bonds is 2. The van der Waals surface area contributed by atoms with Crippen LogP contribution in [-0.4, -0.2) is 17.9 Å². The molecule has 2 rings (SSSR count). The molecule has 1 aromatic rings. The number of nitrogens with one attached hydrogen (secondary N) is 2. The minimum atomic E-state index is -0.646. The van der Waals surface area contributed by atoms with Gasteiger partial charge in [0.05, 0.1) is 0 Å². The maximum atomic E-state index is 12.0. The lowest BCUT2D eigenvalue weighted by molar-refractivity contribution is -0.137. The lowest BCUT2D eigenvalue weighted by atomic mass is 9.86. The molecule has 0 aliphatic heterocycles. The van der Waals surface area contributed by atoms with Crippen LogP contribution in [0, 0.1) is 12.8 Å². The third-order valence-electron chi connectivity index (χ3n) is 4.06. The molecule has 1 saturated carbocycles. The van der Waals surface area contributed by atoms with Gasteiger partial charge in [-0.1, -0.05) is 37.4 Å². The van der Waals surface area contributed by atoms with Gasteiger partial charge in [-0.25, -0.2) is 0 Å². The van der Waals surface area contributed by atoms with Crippen molar-refractivity contribution in [2.45, 2.75) is 45.6 Å². The Morgan fingerprint density at radius 1 is 1.19 bits per heavy atom. The van der Waals surface area contributed by atoms with Crippen molar-refractivity contribution in [1.29, 1.82) is 0 Å². The fourth-order valence-electron chi connectivity index (χ4n) is 2.62. The molecule has 0 bridgehead atoms. The Bertz CT molecular complexity index is 545. The Labute approximate surface area is 130 Å². The highest BCUT2D eigenvalue weighted by Crippen LogP contribution is 2.24. The number of amides is 2. The number of anilines is 1. The van der Waals surface area contributed by atoms with Crippen LogP contribution in [0.4, 0.5) is 5.69 Å². The fourth-order valence-corrected chi connectivity index (χ4v) is 2.80. The van der Waals surface area contributed by atoms with Crippen molar-refractivity contribution in [2.24, 2.45) is 5.92 Å². The standard InChI is InChI=1S/C16H21ClN2O2/c1-10-7-8-12(9-13(10)17)18-15(20)16(21)19-14-6-4-3-5-11(14)2/h7-9,11,14H,3-6H2,1-2H3,(H,18,20)(H,19,21)/t11-,14-/m0/s1. The molecule has 2 N–H and O–H groups in total. The summed E-state index contributed by atoms with van der Waals surface area (Å²) in [6.07, 6.45) is 4.34. The molecule has 2 atom stereocenters. The van der Waals surface area contributed by atoms with Gasteiger partial charge in [-0.15, -0.1) is 0 Å². The monoisotopic (exact) mass is 308 g/mol. The first kappa shape index (κ1) is 15.8. The summed E-state index contributed by atoms with van der Waals surface area (Å²) in [4.78, 5) is 23.9. The molecule has 1 aliphatic carbocycles. The highest BCUT2D eigenvalue weighted by atomic mass is 35.5. The van der Waals surface area contributed by atoms with Crippen molar-refractivity contribution in [3.8, 4) is 0 Å². The van der Waals surface area contributed by atoms with Crippen LogP contribution in [0.25, 0.3) is 0 Å². The highest BCUT2D eigenvalue weighted by molar-refractivity contribution is 6.40. The lowest BCUT2D eigenvalue weighted by Gasteiger charge is -2.29. The number of halogens is 1. The Balaban J connectivity index is 1.93. The van der Waals surface area contributed by atoms with Gasteiger partial charge < -0.3 is 10.6 Å². The molecule has 21 heavy (non-hydrogen) atoms. The Morgan fingerprint density at radius 3 is 2.57 bits per heavy atom. The third-order valence-corrected chi connectivity index (χ3v) is 4.47. The quantitative estimate of drug-likeness (QED) is 0.824. The molecule has 1 aliphatic rings. The maximum Gasteiger partial charge on any atom is 0.313 e. The van der Waals surface area contributed by atoms with Crippen molar-refractivity contribution in [2.75, 3.05) is 5.32 Å². The zero-order chi connectivity index (χ0) is 15.4. The van der Waals surface area contributed by atoms with Crippen molar-refractivity contribution < 1.29 is 9.59 Å². The number of benzene rings is 1. The van der Waals surface area contributed by atoms with Crippen LogP contribution in [0.2, 0.25) is 5.02 Å². The van der Waals surface area contributed by atoms with Crippen molar-refractivity contribution in [1.82, 2.24) is 5.32 Å². The summed E-state index contributed by atoms with van der Waals surface area (Å²) in [6.45, 7) is 3.99. The van der Waals surface area contributed by atoms with Crippen molar-refractivity contribution >= 4 is 29.1 Å². The van der Waals surface area contributed by atoms with E-state index in [1.807, 2.05) is 6.92 Å². The third kappa shape index (κ3) is 4.21. The molecule has 0 radical (unpaired) electrons. The molecular formula is C16H21ClN2O2. The van der Waals surface area contributed by atoms with E-state index >= 15 is 0 Å². The summed E-state index contributed by atoms with van der Waals surface area (Å²) in [7, 11) is 0. The van der Waals surface area contributed by atoms with E-state index in [1.54, 1.807) is 18.2 Å². The molecule has 2 amide bonds. The highest BCUT2D eigenvalue weighted by Gasteiger charge is 2.25. The van der Waals surface area contributed by atoms with E-state index in [-0.39, 0.29) is 6.04 Å². The molecule has 114 valence electrons. The molecule has 0 aromatic heterocycles. The van der Waals surface area contributed by atoms with Crippen LogP contribution < -0.4 is 10.6 Å². The Hall–Kier alpha value is -1.55. The minimum Gasteiger partial charge on any atom is -0.345 e. The summed E-state index contributed by atoms with van der Waals surface area (Å²) < 4.78 is 0. The predicted molar refractivity (Wildman–Crippen MR) is 84.4 cm³/mol. The van der Waals surface area contributed by atoms with Crippen LogP contribution in [0.15, 0.2) is 18.2 Å². The second kappa shape index (κ2) is 6.94. The number of hydrogen-bond donors (Lipinski definition) is 2. The lowest BCUT2D eigenvalue weighted by Crippen LogP contribution is -2.45. The number of hydrogen-bond acceptors (Lipinski definition) is 2. The van der Waals surface area contributed by atoms with Gasteiger partial charge in [-0.3, -0.25) is 9.59 Å². The van der Waals surface area contributed by atoms with Crippen LogP contribution in [0.1, 0.15) is 38.2 Å². The van der Waals surface area contributed by atoms with Gasteiger partial charge in [-0.2, -0.15) is 0 Å². The summed E-state index contributed by atoms with van der Waals surface area (Å²) in [5, 5.41) is 5.97. The molecule has 0 saturated heterocycles. The van der Waals surface area contributed by atoms with E-state index in [1.165, 1.54) is 6.42 Å². The zero-order valence-electron chi connectivity index (χ0n) is 12.4. The van der Waals surface area contributed by atoms with E-state index in [2.05, 4.69) is 17.6 Å². The summed E-state index contributed by atoms with van der Waals surface area (Å²) in [6, 6.07) is 5.28.